The second kappa shape index (κ2) is 9.17. The van der Waals surface area contributed by atoms with E-state index >= 15 is 0 Å². The topological polar surface area (TPSA) is 73.8 Å². The number of amides is 1. The number of carbonyl (C=O) groups is 1. The van der Waals surface area contributed by atoms with E-state index in [0.717, 1.165) is 40.0 Å². The van der Waals surface area contributed by atoms with Crippen molar-refractivity contribution in [3.8, 4) is 0 Å². The maximum atomic E-state index is 14.4. The molecule has 1 saturated carbocycles. The van der Waals surface area contributed by atoms with Crippen LogP contribution in [-0.2, 0) is 11.3 Å². The van der Waals surface area contributed by atoms with E-state index in [9.17, 15) is 9.18 Å². The molecule has 1 aromatic heterocycles. The van der Waals surface area contributed by atoms with Crippen molar-refractivity contribution in [3.63, 3.8) is 0 Å². The summed E-state index contributed by atoms with van der Waals surface area (Å²) in [4.78, 5) is 17.4. The van der Waals surface area contributed by atoms with Gasteiger partial charge in [0.25, 0.3) is 5.91 Å². The van der Waals surface area contributed by atoms with Gasteiger partial charge >= 0.3 is 0 Å². The van der Waals surface area contributed by atoms with Crippen LogP contribution in [0.25, 0.3) is 17.0 Å². The molecule has 182 valence electrons. The van der Waals surface area contributed by atoms with Crippen LogP contribution in [0.1, 0.15) is 48.9 Å². The van der Waals surface area contributed by atoms with E-state index in [1.165, 1.54) is 42.1 Å². The zero-order chi connectivity index (χ0) is 24.8. The van der Waals surface area contributed by atoms with Crippen LogP contribution in [0.2, 0.25) is 0 Å². The van der Waals surface area contributed by atoms with Gasteiger partial charge in [-0.1, -0.05) is 55.7 Å². The van der Waals surface area contributed by atoms with Crippen molar-refractivity contribution < 1.29 is 9.18 Å². The van der Waals surface area contributed by atoms with Crippen molar-refractivity contribution >= 4 is 50.7 Å². The molecule has 0 bridgehead atoms. The summed E-state index contributed by atoms with van der Waals surface area (Å²) in [6.07, 6.45) is 7.57. The largest absolute Gasteiger partial charge is 0.340 e. The van der Waals surface area contributed by atoms with Crippen molar-refractivity contribution in [1.82, 2.24) is 9.58 Å². The molecule has 1 N–H and O–H groups in total. The predicted molar refractivity (Wildman–Crippen MR) is 144 cm³/mol. The molecule has 0 radical (unpaired) electrons. The number of hydrogen-bond donors (Lipinski definition) is 1. The summed E-state index contributed by atoms with van der Waals surface area (Å²) in [6, 6.07) is 14.6. The lowest BCUT2D eigenvalue weighted by atomic mass is 9.90. The molecule has 3 heterocycles. The monoisotopic (exact) mass is 499 g/mol. The fraction of sp³-hybridized carbons (Fsp3) is 0.286. The molecular weight excluding hydrogens is 473 g/mol. The van der Waals surface area contributed by atoms with E-state index < -0.39 is 5.91 Å². The highest BCUT2D eigenvalue weighted by atomic mass is 32.2. The van der Waals surface area contributed by atoms with Gasteiger partial charge in [0.2, 0.25) is 5.17 Å². The zero-order valence-corrected chi connectivity index (χ0v) is 20.8. The van der Waals surface area contributed by atoms with E-state index in [-0.39, 0.29) is 17.2 Å². The van der Waals surface area contributed by atoms with Crippen LogP contribution < -0.4 is 0 Å². The van der Waals surface area contributed by atoms with Gasteiger partial charge in [-0.15, -0.1) is 0 Å². The Morgan fingerprint density at radius 3 is 2.67 bits per heavy atom. The first-order valence-corrected chi connectivity index (χ1v) is 13.1. The molecule has 6 rings (SSSR count). The van der Waals surface area contributed by atoms with Crippen LogP contribution in [0.3, 0.4) is 0 Å². The Hall–Kier alpha value is -3.52. The molecule has 36 heavy (non-hydrogen) atoms. The molecule has 3 aromatic rings. The maximum Gasteiger partial charge on any atom is 0.283 e. The number of rotatable bonds is 4. The van der Waals surface area contributed by atoms with Crippen molar-refractivity contribution in [2.45, 2.75) is 45.6 Å². The van der Waals surface area contributed by atoms with E-state index in [2.05, 4.69) is 9.56 Å². The van der Waals surface area contributed by atoms with Gasteiger partial charge in [0.15, 0.2) is 5.84 Å². The van der Waals surface area contributed by atoms with E-state index in [0.29, 0.717) is 23.2 Å². The Labute approximate surface area is 213 Å². The molecule has 2 aliphatic heterocycles. The summed E-state index contributed by atoms with van der Waals surface area (Å²) in [6.45, 7) is 2.33. The SMILES string of the molecule is Cc1c(/C=C2\C(=N)N3N=C(C4CCCCC4)SC3=NC2=O)c2ccccc2n1Cc1ccccc1F. The quantitative estimate of drug-likeness (QED) is 0.426. The first-order valence-electron chi connectivity index (χ1n) is 12.3. The molecule has 0 spiro atoms. The lowest BCUT2D eigenvalue weighted by Gasteiger charge is -2.20. The number of thioether (sulfide) groups is 1. The van der Waals surface area contributed by atoms with Crippen molar-refractivity contribution in [2.24, 2.45) is 16.0 Å². The van der Waals surface area contributed by atoms with Crippen LogP contribution in [0.5, 0.6) is 0 Å². The average Bonchev–Trinajstić information content (AvgIpc) is 3.43. The van der Waals surface area contributed by atoms with Crippen LogP contribution in [0, 0.1) is 24.1 Å². The second-order valence-corrected chi connectivity index (χ2v) is 10.5. The first kappa shape index (κ1) is 22.9. The fourth-order valence-electron chi connectivity index (χ4n) is 5.31. The number of hydrogen-bond acceptors (Lipinski definition) is 4. The van der Waals surface area contributed by atoms with Gasteiger partial charge in [-0.05, 0) is 49.7 Å². The summed E-state index contributed by atoms with van der Waals surface area (Å²) < 4.78 is 16.5. The highest BCUT2D eigenvalue weighted by Gasteiger charge is 2.38. The number of fused-ring (bicyclic) bond motifs is 2. The van der Waals surface area contributed by atoms with Crippen LogP contribution in [-0.4, -0.2) is 31.5 Å². The standard InChI is InChI=1S/C28H26FN5OS/c1-17-21(20-12-6-8-14-24(20)33(17)16-19-11-5-7-13-23(19)29)15-22-25(30)34-28(31-26(22)35)36-27(32-34)18-9-3-2-4-10-18/h5-8,11-15,18,30H,2-4,9-10,16H2,1H3/b22-15+,30-25?. The lowest BCUT2D eigenvalue weighted by Crippen LogP contribution is -2.35. The number of carbonyl (C=O) groups excluding carboxylic acids is 1. The van der Waals surface area contributed by atoms with Crippen LogP contribution >= 0.6 is 11.8 Å². The Morgan fingerprint density at radius 2 is 1.86 bits per heavy atom. The normalized spacial score (nSPS) is 19.7. The number of aromatic nitrogens is 1. The Balaban J connectivity index is 1.39. The fourth-order valence-corrected chi connectivity index (χ4v) is 6.37. The van der Waals surface area contributed by atoms with Gasteiger partial charge < -0.3 is 4.57 Å². The molecule has 1 amide bonds. The van der Waals surface area contributed by atoms with E-state index in [4.69, 9.17) is 10.5 Å². The number of halogens is 1. The molecular formula is C28H26FN5OS. The second-order valence-electron chi connectivity index (χ2n) is 9.49. The third kappa shape index (κ3) is 3.89. The number of nitrogens with one attached hydrogen (secondary N) is 1. The van der Waals surface area contributed by atoms with E-state index in [1.807, 2.05) is 37.3 Å². The van der Waals surface area contributed by atoms with Crippen LogP contribution in [0.15, 0.2) is 64.2 Å². The highest BCUT2D eigenvalue weighted by molar-refractivity contribution is 8.27. The zero-order valence-electron chi connectivity index (χ0n) is 20.0. The number of nitrogens with zero attached hydrogens (tertiary/aromatic N) is 4. The molecule has 0 saturated heterocycles. The van der Waals surface area contributed by atoms with E-state index in [1.54, 1.807) is 18.2 Å². The number of benzene rings is 2. The summed E-state index contributed by atoms with van der Waals surface area (Å²) in [5.41, 5.74) is 3.47. The maximum absolute atomic E-state index is 14.4. The molecule has 2 aromatic carbocycles. The Morgan fingerprint density at radius 1 is 1.11 bits per heavy atom. The summed E-state index contributed by atoms with van der Waals surface area (Å²) in [7, 11) is 0. The van der Waals surface area contributed by atoms with Gasteiger partial charge in [0.05, 0.1) is 12.1 Å². The average molecular weight is 500 g/mol. The first-order chi connectivity index (χ1) is 17.5. The predicted octanol–water partition coefficient (Wildman–Crippen LogP) is 6.34. The highest BCUT2D eigenvalue weighted by Crippen LogP contribution is 2.37. The molecule has 1 fully saturated rings. The number of aliphatic imine (C=N–C) groups is 1. The van der Waals surface area contributed by atoms with Gasteiger partial charge in [-0.2, -0.15) is 15.1 Å². The summed E-state index contributed by atoms with van der Waals surface area (Å²) >= 11 is 1.43. The summed E-state index contributed by atoms with van der Waals surface area (Å²) in [5, 5.41) is 17.4. The van der Waals surface area contributed by atoms with Crippen molar-refractivity contribution in [1.29, 1.82) is 5.41 Å². The molecule has 8 heteroatoms. The minimum atomic E-state index is -0.427. The van der Waals surface area contributed by atoms with Gasteiger partial charge in [-0.25, -0.2) is 4.39 Å². The molecule has 1 aliphatic carbocycles. The van der Waals surface area contributed by atoms with Gasteiger partial charge in [0.1, 0.15) is 10.9 Å². The van der Waals surface area contributed by atoms with Crippen molar-refractivity contribution in [2.75, 3.05) is 0 Å². The number of amidine groups is 2. The third-order valence-electron chi connectivity index (χ3n) is 7.28. The summed E-state index contributed by atoms with van der Waals surface area (Å²) in [5.74, 6) is -0.248. The van der Waals surface area contributed by atoms with Crippen molar-refractivity contribution in [3.05, 3.63) is 76.7 Å². The Bertz CT molecular complexity index is 1490. The third-order valence-corrected chi connectivity index (χ3v) is 8.35. The molecule has 3 aliphatic rings. The smallest absolute Gasteiger partial charge is 0.283 e. The number of hydrazone groups is 1. The van der Waals surface area contributed by atoms with Crippen LogP contribution in [0.4, 0.5) is 4.39 Å². The van der Waals surface area contributed by atoms with Gasteiger partial charge in [-0.3, -0.25) is 10.2 Å². The Kier molecular flexibility index (Phi) is 5.84. The minimum absolute atomic E-state index is 0.0497. The minimum Gasteiger partial charge on any atom is -0.340 e. The number of para-hydroxylation sites is 1. The molecule has 6 nitrogen and oxygen atoms in total. The van der Waals surface area contributed by atoms with Gasteiger partial charge in [0, 0.05) is 33.6 Å². The molecule has 0 atom stereocenters. The lowest BCUT2D eigenvalue weighted by molar-refractivity contribution is -0.114. The molecule has 0 unspecified atom stereocenters.